The lowest BCUT2D eigenvalue weighted by Gasteiger charge is -2.12. The van der Waals surface area contributed by atoms with Crippen LogP contribution in [-0.2, 0) is 0 Å². The quantitative estimate of drug-likeness (QED) is 0.783. The third kappa shape index (κ3) is 5.18. The van der Waals surface area contributed by atoms with E-state index in [2.05, 4.69) is 5.32 Å². The van der Waals surface area contributed by atoms with E-state index in [0.717, 1.165) is 4.88 Å². The number of hydrogen-bond acceptors (Lipinski definition) is 2. The molecule has 0 fully saturated rings. The van der Waals surface area contributed by atoms with E-state index in [1.807, 2.05) is 13.0 Å². The molecule has 0 amide bonds. The van der Waals surface area contributed by atoms with Crippen LogP contribution in [-0.4, -0.2) is 12.7 Å². The maximum Gasteiger partial charge on any atom is 0.389 e. The van der Waals surface area contributed by atoms with Crippen molar-refractivity contribution in [1.29, 1.82) is 0 Å². The first kappa shape index (κ1) is 13.8. The summed E-state index contributed by atoms with van der Waals surface area (Å²) in [6.45, 7) is 2.27. The summed E-state index contributed by atoms with van der Waals surface area (Å²) in [5.41, 5.74) is 0. The van der Waals surface area contributed by atoms with Crippen LogP contribution >= 0.6 is 22.9 Å². The average Bonchev–Trinajstić information content (AvgIpc) is 2.57. The molecule has 1 nitrogen and oxygen atoms in total. The number of nitrogens with one attached hydrogen (secondary N) is 1. The standard InChI is InChI=1S/C10H13ClF3NS/c1-7(8-3-4-9(11)16-8)15-6-2-5-10(12,13)14/h3-4,7,15H,2,5-6H2,1H3. The highest BCUT2D eigenvalue weighted by atomic mass is 35.5. The molecule has 1 heterocycles. The van der Waals surface area contributed by atoms with Crippen LogP contribution in [0.2, 0.25) is 4.34 Å². The van der Waals surface area contributed by atoms with Crippen molar-refractivity contribution in [3.05, 3.63) is 21.3 Å². The molecule has 6 heteroatoms. The summed E-state index contributed by atoms with van der Waals surface area (Å²) < 4.78 is 36.3. The first-order valence-corrected chi connectivity index (χ1v) is 6.13. The molecule has 1 aromatic heterocycles. The zero-order valence-corrected chi connectivity index (χ0v) is 10.3. The zero-order chi connectivity index (χ0) is 12.2. The van der Waals surface area contributed by atoms with Gasteiger partial charge in [0, 0.05) is 17.3 Å². The predicted molar refractivity (Wildman–Crippen MR) is 61.0 cm³/mol. The number of halogens is 4. The van der Waals surface area contributed by atoms with E-state index in [1.165, 1.54) is 11.3 Å². The largest absolute Gasteiger partial charge is 0.389 e. The van der Waals surface area contributed by atoms with Gasteiger partial charge >= 0.3 is 6.18 Å². The van der Waals surface area contributed by atoms with Gasteiger partial charge in [-0.25, -0.2) is 0 Å². The van der Waals surface area contributed by atoms with Crippen LogP contribution in [0, 0.1) is 0 Å². The molecule has 92 valence electrons. The number of hydrogen-bond donors (Lipinski definition) is 1. The Labute approximate surface area is 102 Å². The van der Waals surface area contributed by atoms with Gasteiger partial charge in [-0.1, -0.05) is 11.6 Å². The minimum Gasteiger partial charge on any atom is -0.309 e. The average molecular weight is 272 g/mol. The molecule has 1 N–H and O–H groups in total. The van der Waals surface area contributed by atoms with Gasteiger partial charge in [0.1, 0.15) is 0 Å². The Hall–Kier alpha value is -0.260. The second-order valence-corrected chi connectivity index (χ2v) is 5.28. The molecular formula is C10H13ClF3NS. The van der Waals surface area contributed by atoms with Crippen LogP contribution in [0.4, 0.5) is 13.2 Å². The molecule has 0 saturated carbocycles. The highest BCUT2D eigenvalue weighted by Crippen LogP contribution is 2.27. The molecule has 1 unspecified atom stereocenters. The molecule has 16 heavy (non-hydrogen) atoms. The van der Waals surface area contributed by atoms with E-state index in [4.69, 9.17) is 11.6 Å². The van der Waals surface area contributed by atoms with Crippen molar-refractivity contribution in [3.63, 3.8) is 0 Å². The number of alkyl halides is 3. The van der Waals surface area contributed by atoms with Crippen LogP contribution in [0.15, 0.2) is 12.1 Å². The van der Waals surface area contributed by atoms with Crippen LogP contribution in [0.3, 0.4) is 0 Å². The van der Waals surface area contributed by atoms with Crippen molar-refractivity contribution in [3.8, 4) is 0 Å². The molecule has 0 radical (unpaired) electrons. The van der Waals surface area contributed by atoms with Crippen LogP contribution < -0.4 is 5.32 Å². The lowest BCUT2D eigenvalue weighted by molar-refractivity contribution is -0.135. The van der Waals surface area contributed by atoms with Gasteiger partial charge in [-0.15, -0.1) is 11.3 Å². The maximum absolute atomic E-state index is 11.9. The van der Waals surface area contributed by atoms with E-state index in [-0.39, 0.29) is 12.5 Å². The number of thiophene rings is 1. The van der Waals surface area contributed by atoms with Crippen molar-refractivity contribution in [2.75, 3.05) is 6.54 Å². The van der Waals surface area contributed by atoms with Crippen molar-refractivity contribution in [2.45, 2.75) is 32.0 Å². The molecule has 0 spiro atoms. The van der Waals surface area contributed by atoms with Gasteiger partial charge < -0.3 is 5.32 Å². The Morgan fingerprint density at radius 1 is 1.44 bits per heavy atom. The van der Waals surface area contributed by atoms with Gasteiger partial charge in [0.25, 0.3) is 0 Å². The van der Waals surface area contributed by atoms with Gasteiger partial charge in [-0.2, -0.15) is 13.2 Å². The third-order valence-corrected chi connectivity index (χ3v) is 3.52. The first-order valence-electron chi connectivity index (χ1n) is 4.94. The molecule has 1 atom stereocenters. The van der Waals surface area contributed by atoms with Crippen molar-refractivity contribution < 1.29 is 13.2 Å². The summed E-state index contributed by atoms with van der Waals surface area (Å²) >= 11 is 7.21. The fraction of sp³-hybridized carbons (Fsp3) is 0.600. The molecule has 0 aliphatic carbocycles. The van der Waals surface area contributed by atoms with Crippen LogP contribution in [0.5, 0.6) is 0 Å². The summed E-state index contributed by atoms with van der Waals surface area (Å²) in [7, 11) is 0. The molecule has 0 aliphatic rings. The predicted octanol–water partition coefficient (Wildman–Crippen LogP) is 4.39. The van der Waals surface area contributed by atoms with Gasteiger partial charge in [-0.3, -0.25) is 0 Å². The molecule has 0 bridgehead atoms. The van der Waals surface area contributed by atoms with Gasteiger partial charge in [0.05, 0.1) is 4.34 Å². The second-order valence-electron chi connectivity index (χ2n) is 3.54. The van der Waals surface area contributed by atoms with E-state index >= 15 is 0 Å². The maximum atomic E-state index is 11.9. The smallest absolute Gasteiger partial charge is 0.309 e. The minimum atomic E-state index is -4.06. The normalized spacial score (nSPS) is 14.1. The van der Waals surface area contributed by atoms with Crippen LogP contribution in [0.1, 0.15) is 30.7 Å². The third-order valence-electron chi connectivity index (χ3n) is 2.11. The summed E-state index contributed by atoms with van der Waals surface area (Å²) in [6.07, 6.45) is -4.69. The van der Waals surface area contributed by atoms with E-state index in [9.17, 15) is 13.2 Å². The van der Waals surface area contributed by atoms with Gasteiger partial charge in [0.15, 0.2) is 0 Å². The Bertz CT molecular complexity index is 324. The molecule has 0 saturated heterocycles. The fourth-order valence-corrected chi connectivity index (χ4v) is 2.36. The van der Waals surface area contributed by atoms with Gasteiger partial charge in [-0.05, 0) is 32.0 Å². The zero-order valence-electron chi connectivity index (χ0n) is 8.77. The van der Waals surface area contributed by atoms with E-state index in [0.29, 0.717) is 10.9 Å². The Morgan fingerprint density at radius 3 is 2.62 bits per heavy atom. The topological polar surface area (TPSA) is 12.0 Å². The Kier molecular flexibility index (Phi) is 5.08. The fourth-order valence-electron chi connectivity index (χ4n) is 1.27. The molecule has 1 aromatic rings. The van der Waals surface area contributed by atoms with Crippen molar-refractivity contribution in [2.24, 2.45) is 0 Å². The lowest BCUT2D eigenvalue weighted by Crippen LogP contribution is -2.20. The second kappa shape index (κ2) is 5.89. The molecular weight excluding hydrogens is 259 g/mol. The first-order chi connectivity index (χ1) is 7.38. The van der Waals surface area contributed by atoms with Gasteiger partial charge in [0.2, 0.25) is 0 Å². The summed E-state index contributed by atoms with van der Waals surface area (Å²) in [5.74, 6) is 0. The van der Waals surface area contributed by atoms with Crippen LogP contribution in [0.25, 0.3) is 0 Å². The molecule has 0 aliphatic heterocycles. The monoisotopic (exact) mass is 271 g/mol. The molecule has 0 aromatic carbocycles. The van der Waals surface area contributed by atoms with E-state index in [1.54, 1.807) is 6.07 Å². The SMILES string of the molecule is CC(NCCCC(F)(F)F)c1ccc(Cl)s1. The highest BCUT2D eigenvalue weighted by Gasteiger charge is 2.25. The lowest BCUT2D eigenvalue weighted by atomic mass is 10.2. The summed E-state index contributed by atoms with van der Waals surface area (Å²) in [5, 5.41) is 3.04. The van der Waals surface area contributed by atoms with E-state index < -0.39 is 12.6 Å². The minimum absolute atomic E-state index is 0.0470. The summed E-state index contributed by atoms with van der Waals surface area (Å²) in [4.78, 5) is 1.04. The van der Waals surface area contributed by atoms with Crippen molar-refractivity contribution in [1.82, 2.24) is 5.32 Å². The molecule has 1 rings (SSSR count). The van der Waals surface area contributed by atoms with Crippen molar-refractivity contribution >= 4 is 22.9 Å². The Morgan fingerprint density at radius 2 is 2.12 bits per heavy atom. The number of rotatable bonds is 5. The highest BCUT2D eigenvalue weighted by molar-refractivity contribution is 7.16. The summed E-state index contributed by atoms with van der Waals surface area (Å²) in [6, 6.07) is 3.72. The Balaban J connectivity index is 2.23.